The molecule has 0 radical (unpaired) electrons. The molecule has 1 aromatic rings. The van der Waals surface area contributed by atoms with Gasteiger partial charge >= 0.3 is 19.4 Å². The van der Waals surface area contributed by atoms with Gasteiger partial charge in [0.25, 0.3) is 5.56 Å². The molecule has 2 rings (SSSR count). The van der Waals surface area contributed by atoms with Crippen LogP contribution in [0.2, 0.25) is 0 Å². The Kier molecular flexibility index (Phi) is 8.83. The van der Waals surface area contributed by atoms with E-state index in [1.165, 1.54) is 0 Å². The number of hydrogen-bond donors (Lipinski definition) is 7. The van der Waals surface area contributed by atoms with Crippen molar-refractivity contribution in [2.45, 2.75) is 30.6 Å². The second kappa shape index (κ2) is 10.2. The van der Waals surface area contributed by atoms with E-state index in [1.807, 2.05) is 10.1 Å². The average molecular weight is 442 g/mol. The van der Waals surface area contributed by atoms with Crippen LogP contribution in [-0.2, 0) is 23.4 Å². The van der Waals surface area contributed by atoms with Crippen molar-refractivity contribution in [3.05, 3.63) is 33.1 Å². The molecule has 6 atom stereocenters. The number of aromatic nitrogens is 2. The van der Waals surface area contributed by atoms with E-state index in [9.17, 15) is 34.1 Å². The Morgan fingerprint density at radius 1 is 1.41 bits per heavy atom. The van der Waals surface area contributed by atoms with Crippen molar-refractivity contribution in [1.82, 2.24) is 20.8 Å². The summed E-state index contributed by atoms with van der Waals surface area (Å²) in [7, 11) is -3.63. The molecule has 0 saturated carbocycles. The minimum absolute atomic E-state index is 0. The van der Waals surface area contributed by atoms with E-state index >= 15 is 0 Å². The molecule has 9 N–H and O–H groups in total. The van der Waals surface area contributed by atoms with Crippen LogP contribution in [0.1, 0.15) is 6.23 Å². The molecule has 1 aliphatic rings. The topological polar surface area (TPSA) is 245 Å². The summed E-state index contributed by atoms with van der Waals surface area (Å²) in [5.41, 5.74) is -1.57. The van der Waals surface area contributed by atoms with Crippen LogP contribution in [0.4, 0.5) is 0 Å². The lowest BCUT2D eigenvalue weighted by molar-refractivity contribution is -0.143. The van der Waals surface area contributed by atoms with Crippen LogP contribution in [0.25, 0.3) is 0 Å². The zero-order valence-electron chi connectivity index (χ0n) is 15.2. The van der Waals surface area contributed by atoms with E-state index in [2.05, 4.69) is 4.74 Å². The Balaban J connectivity index is 0.00000420. The predicted molar refractivity (Wildman–Crippen MR) is 94.1 cm³/mol. The second-order valence-corrected chi connectivity index (χ2v) is 7.32. The molecular weight excluding hydrogens is 419 g/mol. The van der Waals surface area contributed by atoms with Gasteiger partial charge in [-0.15, -0.1) is 0 Å². The third-order valence-corrected chi connectivity index (χ3v) is 5.00. The van der Waals surface area contributed by atoms with Gasteiger partial charge in [-0.3, -0.25) is 23.7 Å². The summed E-state index contributed by atoms with van der Waals surface area (Å²) in [6.07, 6.45) is -4.88. The number of aliphatic hydroxyl groups is 3. The molecule has 1 fully saturated rings. The maximum Gasteiger partial charge on any atom is 0.403 e. The lowest BCUT2D eigenvalue weighted by atomic mass is 10.1. The standard InChI is InChI=1S/C13H20N3O11P.H3N/c1-25-12(21)6(4-17)15-28(23,24)26-5-7-9(19)10(20)11(27-7)16-3-2-8(18)14-13(16)22;/h2-3,6-7,9-11,17,19-20H,4-5H2,1H3,(H,14,18,22)(H2,15,23,24);1H3/t6-,7+,9+,10+,11+;/m0./s1. The summed E-state index contributed by atoms with van der Waals surface area (Å²) in [5, 5.41) is 31.0. The Morgan fingerprint density at radius 2 is 2.07 bits per heavy atom. The smallest absolute Gasteiger partial charge is 0.403 e. The number of esters is 1. The van der Waals surface area contributed by atoms with Crippen molar-refractivity contribution >= 4 is 13.7 Å². The zero-order valence-corrected chi connectivity index (χ0v) is 16.1. The van der Waals surface area contributed by atoms with Gasteiger partial charge in [0.2, 0.25) is 0 Å². The molecule has 2 heterocycles. The highest BCUT2D eigenvalue weighted by atomic mass is 31.2. The van der Waals surface area contributed by atoms with Crippen LogP contribution >= 0.6 is 7.75 Å². The normalized spacial score (nSPS) is 26.9. The highest BCUT2D eigenvalue weighted by Gasteiger charge is 2.45. The maximum absolute atomic E-state index is 12.0. The molecule has 1 unspecified atom stereocenters. The van der Waals surface area contributed by atoms with Crippen molar-refractivity contribution in [2.24, 2.45) is 0 Å². The second-order valence-electron chi connectivity index (χ2n) is 5.77. The maximum atomic E-state index is 12.0. The zero-order chi connectivity index (χ0) is 21.1. The molecule has 1 aliphatic heterocycles. The van der Waals surface area contributed by atoms with Gasteiger partial charge in [0.1, 0.15) is 24.4 Å². The lowest BCUT2D eigenvalue weighted by Gasteiger charge is -2.21. The molecule has 1 aromatic heterocycles. The van der Waals surface area contributed by atoms with Gasteiger partial charge < -0.3 is 35.8 Å². The fraction of sp³-hybridized carbons (Fsp3) is 0.615. The van der Waals surface area contributed by atoms with E-state index in [4.69, 9.17) is 14.4 Å². The third-order valence-electron chi connectivity index (χ3n) is 3.86. The number of H-pyrrole nitrogens is 1. The summed E-state index contributed by atoms with van der Waals surface area (Å²) < 4.78 is 27.2. The van der Waals surface area contributed by atoms with Crippen molar-refractivity contribution in [3.63, 3.8) is 0 Å². The van der Waals surface area contributed by atoms with Crippen LogP contribution in [0.15, 0.2) is 21.9 Å². The van der Waals surface area contributed by atoms with Gasteiger partial charge in [0.05, 0.1) is 20.3 Å². The van der Waals surface area contributed by atoms with Gasteiger partial charge in [0, 0.05) is 12.3 Å². The van der Waals surface area contributed by atoms with Gasteiger partial charge in [-0.2, -0.15) is 0 Å². The summed E-state index contributed by atoms with van der Waals surface area (Å²) in [4.78, 5) is 45.9. The van der Waals surface area contributed by atoms with Crippen molar-refractivity contribution < 1.29 is 43.6 Å². The molecule has 1 saturated heterocycles. The van der Waals surface area contributed by atoms with Gasteiger partial charge in [0.15, 0.2) is 6.23 Å². The summed E-state index contributed by atoms with van der Waals surface area (Å²) in [5.74, 6) is -1.01. The van der Waals surface area contributed by atoms with Crippen LogP contribution in [0.5, 0.6) is 0 Å². The predicted octanol–water partition coefficient (Wildman–Crippen LogP) is -3.44. The van der Waals surface area contributed by atoms with Crippen LogP contribution in [0.3, 0.4) is 0 Å². The van der Waals surface area contributed by atoms with Gasteiger partial charge in [-0.05, 0) is 0 Å². The molecule has 15 nitrogen and oxygen atoms in total. The Bertz CT molecular complexity index is 858. The highest BCUT2D eigenvalue weighted by molar-refractivity contribution is 7.50. The average Bonchev–Trinajstić information content (AvgIpc) is 2.92. The molecule has 0 spiro atoms. The number of nitrogens with zero attached hydrogens (tertiary/aromatic N) is 1. The molecule has 0 aliphatic carbocycles. The summed E-state index contributed by atoms with van der Waals surface area (Å²) in [6, 6.07) is -0.533. The van der Waals surface area contributed by atoms with Gasteiger partial charge in [-0.1, -0.05) is 0 Å². The highest BCUT2D eigenvalue weighted by Crippen LogP contribution is 2.39. The van der Waals surface area contributed by atoms with Crippen LogP contribution in [-0.4, -0.2) is 80.4 Å². The van der Waals surface area contributed by atoms with E-state index in [0.29, 0.717) is 0 Å². The minimum Gasteiger partial charge on any atom is -0.468 e. The Labute approximate surface area is 163 Å². The molecular formula is C13H23N4O11P. The number of nitrogens with one attached hydrogen (secondary N) is 2. The molecule has 0 aromatic carbocycles. The number of rotatable bonds is 8. The van der Waals surface area contributed by atoms with E-state index in [0.717, 1.165) is 23.9 Å². The Hall–Kier alpha value is -1.94. The summed E-state index contributed by atoms with van der Waals surface area (Å²) in [6.45, 7) is -1.56. The largest absolute Gasteiger partial charge is 0.468 e. The first-order chi connectivity index (χ1) is 13.1. The van der Waals surface area contributed by atoms with Crippen LogP contribution < -0.4 is 22.5 Å². The van der Waals surface area contributed by atoms with E-state index in [1.54, 1.807) is 0 Å². The van der Waals surface area contributed by atoms with Crippen molar-refractivity contribution in [2.75, 3.05) is 20.3 Å². The molecule has 16 heteroatoms. The number of ether oxygens (including phenoxy) is 2. The lowest BCUT2D eigenvalue weighted by Crippen LogP contribution is -2.40. The molecule has 166 valence electrons. The first kappa shape index (κ1) is 25.1. The first-order valence-corrected chi connectivity index (χ1v) is 9.44. The molecule has 0 bridgehead atoms. The number of methoxy groups -OCH3 is 1. The van der Waals surface area contributed by atoms with Crippen LogP contribution in [0, 0.1) is 0 Å². The van der Waals surface area contributed by atoms with E-state index < -0.39 is 68.8 Å². The number of hydrogen-bond acceptors (Lipinski definition) is 11. The third kappa shape index (κ3) is 6.02. The molecule has 0 amide bonds. The van der Waals surface area contributed by atoms with E-state index in [-0.39, 0.29) is 6.15 Å². The fourth-order valence-corrected chi connectivity index (χ4v) is 3.45. The van der Waals surface area contributed by atoms with Crippen molar-refractivity contribution in [1.29, 1.82) is 0 Å². The van der Waals surface area contributed by atoms with Gasteiger partial charge in [-0.25, -0.2) is 14.4 Å². The summed E-state index contributed by atoms with van der Waals surface area (Å²) >= 11 is 0. The minimum atomic E-state index is -4.64. The number of aromatic amines is 1. The SMILES string of the molecule is COC(=O)[C@H](CO)NP(=O)(O)OC[C@H]1O[C@@H](n2ccc(=O)[nH]c2=O)[C@H](O)[C@@H]1O.N. The number of carbonyl (C=O) groups excluding carboxylic acids is 1. The fourth-order valence-electron chi connectivity index (χ4n) is 2.44. The number of aliphatic hydroxyl groups excluding tert-OH is 3. The molecule has 29 heavy (non-hydrogen) atoms. The first-order valence-electron chi connectivity index (χ1n) is 7.86. The quantitative estimate of drug-likeness (QED) is 0.153. The monoisotopic (exact) mass is 442 g/mol. The van der Waals surface area contributed by atoms with Crippen molar-refractivity contribution in [3.8, 4) is 0 Å². The Morgan fingerprint density at radius 3 is 2.62 bits per heavy atom. The number of carbonyl (C=O) groups is 1.